The molecule has 0 fully saturated rings. The van der Waals surface area contributed by atoms with Gasteiger partial charge in [0, 0.05) is 6.04 Å². The maximum Gasteiger partial charge on any atom is 0.250 e. The number of ether oxygens (including phenoxy) is 1. The van der Waals surface area contributed by atoms with Gasteiger partial charge in [-0.3, -0.25) is 9.48 Å². The summed E-state index contributed by atoms with van der Waals surface area (Å²) in [6.07, 6.45) is 0. The second kappa shape index (κ2) is 5.74. The van der Waals surface area contributed by atoms with Gasteiger partial charge in [0.2, 0.25) is 5.91 Å². The van der Waals surface area contributed by atoms with Crippen molar-refractivity contribution < 1.29 is 9.53 Å². The van der Waals surface area contributed by atoms with Crippen molar-refractivity contribution in [2.45, 2.75) is 60.1 Å². The van der Waals surface area contributed by atoms with Crippen LogP contribution in [0, 0.1) is 13.8 Å². The zero-order valence-electron chi connectivity index (χ0n) is 13.0. The van der Waals surface area contributed by atoms with Crippen LogP contribution >= 0.6 is 0 Å². The molecule has 0 saturated heterocycles. The van der Waals surface area contributed by atoms with Crippen molar-refractivity contribution in [2.24, 2.45) is 0 Å². The number of nitrogens with one attached hydrogen (secondary N) is 1. The Morgan fingerprint density at radius 3 is 2.37 bits per heavy atom. The fourth-order valence-electron chi connectivity index (χ4n) is 1.80. The van der Waals surface area contributed by atoms with Crippen molar-refractivity contribution in [1.29, 1.82) is 0 Å². The molecule has 0 aromatic carbocycles. The molecule has 108 valence electrons. The average Bonchev–Trinajstić information content (AvgIpc) is 2.53. The van der Waals surface area contributed by atoms with Crippen molar-refractivity contribution in [1.82, 2.24) is 9.78 Å². The molecule has 19 heavy (non-hydrogen) atoms. The maximum atomic E-state index is 11.9. The minimum absolute atomic E-state index is 0.0508. The fourth-order valence-corrected chi connectivity index (χ4v) is 1.80. The quantitative estimate of drug-likeness (QED) is 0.912. The first-order valence-electron chi connectivity index (χ1n) is 6.61. The van der Waals surface area contributed by atoms with Gasteiger partial charge < -0.3 is 10.1 Å². The Labute approximate surface area is 115 Å². The molecular weight excluding hydrogens is 242 g/mol. The van der Waals surface area contributed by atoms with Crippen molar-refractivity contribution in [3.05, 3.63) is 11.4 Å². The summed E-state index contributed by atoms with van der Waals surface area (Å²) in [6, 6.07) is 0.273. The number of amides is 1. The van der Waals surface area contributed by atoms with Crippen molar-refractivity contribution in [3.8, 4) is 0 Å². The number of carbonyl (C=O) groups excluding carboxylic acids is 1. The predicted molar refractivity (Wildman–Crippen MR) is 76.4 cm³/mol. The Bertz CT molecular complexity index is 456. The Morgan fingerprint density at radius 2 is 1.95 bits per heavy atom. The Hall–Kier alpha value is -1.36. The van der Waals surface area contributed by atoms with Gasteiger partial charge >= 0.3 is 0 Å². The third-order valence-corrected chi connectivity index (χ3v) is 2.71. The highest BCUT2D eigenvalue weighted by Crippen LogP contribution is 2.22. The lowest BCUT2D eigenvalue weighted by Gasteiger charge is -2.19. The lowest BCUT2D eigenvalue weighted by molar-refractivity contribution is -0.125. The van der Waals surface area contributed by atoms with Gasteiger partial charge in [-0.1, -0.05) is 0 Å². The van der Waals surface area contributed by atoms with E-state index in [1.165, 1.54) is 0 Å². The number of hydrogen-bond donors (Lipinski definition) is 1. The number of aromatic nitrogens is 2. The van der Waals surface area contributed by atoms with E-state index in [1.807, 2.05) is 39.3 Å². The first kappa shape index (κ1) is 15.7. The lowest BCUT2D eigenvalue weighted by Crippen LogP contribution is -2.27. The van der Waals surface area contributed by atoms with Gasteiger partial charge in [-0.2, -0.15) is 5.10 Å². The summed E-state index contributed by atoms with van der Waals surface area (Å²) >= 11 is 0. The monoisotopic (exact) mass is 267 g/mol. The summed E-state index contributed by atoms with van der Waals surface area (Å²) < 4.78 is 7.37. The number of hydrogen-bond acceptors (Lipinski definition) is 3. The van der Waals surface area contributed by atoms with Crippen LogP contribution in [0.5, 0.6) is 0 Å². The zero-order chi connectivity index (χ0) is 14.8. The van der Waals surface area contributed by atoms with Gasteiger partial charge in [-0.05, 0) is 48.5 Å². The zero-order valence-corrected chi connectivity index (χ0v) is 13.0. The second-order valence-corrected chi connectivity index (χ2v) is 6.03. The van der Waals surface area contributed by atoms with E-state index in [4.69, 9.17) is 4.74 Å². The van der Waals surface area contributed by atoms with Crippen LogP contribution in [0.2, 0.25) is 0 Å². The highest BCUT2D eigenvalue weighted by Gasteiger charge is 2.17. The van der Waals surface area contributed by atoms with Crippen LogP contribution in [0.15, 0.2) is 0 Å². The molecule has 1 aromatic rings. The third kappa shape index (κ3) is 4.35. The van der Waals surface area contributed by atoms with Crippen LogP contribution in [0.25, 0.3) is 0 Å². The first-order chi connectivity index (χ1) is 8.61. The highest BCUT2D eigenvalue weighted by molar-refractivity contribution is 5.92. The first-order valence-corrected chi connectivity index (χ1v) is 6.61. The van der Waals surface area contributed by atoms with Gasteiger partial charge in [0.1, 0.15) is 6.61 Å². The summed E-state index contributed by atoms with van der Waals surface area (Å²) in [5, 5.41) is 7.31. The number of nitrogens with zero attached hydrogens (tertiary/aromatic N) is 2. The summed E-state index contributed by atoms with van der Waals surface area (Å²) in [5.74, 6) is -0.149. The van der Waals surface area contributed by atoms with Crippen molar-refractivity contribution >= 4 is 11.6 Å². The molecular formula is C14H25N3O2. The average molecular weight is 267 g/mol. The summed E-state index contributed by atoms with van der Waals surface area (Å²) in [6.45, 7) is 13.8. The minimum Gasteiger partial charge on any atom is -0.366 e. The molecule has 1 N–H and O–H groups in total. The van der Waals surface area contributed by atoms with Crippen LogP contribution < -0.4 is 5.32 Å². The van der Waals surface area contributed by atoms with Crippen LogP contribution in [-0.4, -0.2) is 27.9 Å². The highest BCUT2D eigenvalue weighted by atomic mass is 16.5. The van der Waals surface area contributed by atoms with Crippen LogP contribution in [0.1, 0.15) is 52.0 Å². The fraction of sp³-hybridized carbons (Fsp3) is 0.714. The number of anilines is 1. The number of rotatable bonds is 4. The van der Waals surface area contributed by atoms with E-state index in [0.29, 0.717) is 0 Å². The van der Waals surface area contributed by atoms with Gasteiger partial charge in [-0.25, -0.2) is 0 Å². The van der Waals surface area contributed by atoms with E-state index >= 15 is 0 Å². The second-order valence-electron chi connectivity index (χ2n) is 6.03. The largest absolute Gasteiger partial charge is 0.366 e. The van der Waals surface area contributed by atoms with Crippen LogP contribution in [0.4, 0.5) is 5.69 Å². The minimum atomic E-state index is -0.316. The molecule has 0 spiro atoms. The van der Waals surface area contributed by atoms with E-state index < -0.39 is 0 Å². The van der Waals surface area contributed by atoms with E-state index in [-0.39, 0.29) is 24.2 Å². The van der Waals surface area contributed by atoms with Gasteiger partial charge in [0.05, 0.1) is 22.7 Å². The lowest BCUT2D eigenvalue weighted by atomic mass is 10.2. The standard InChI is InChI=1S/C14H25N3O2/c1-9(2)17-11(4)13(10(3)16-17)15-12(18)8-19-14(5,6)7/h9H,8H2,1-7H3,(H,15,18). The molecule has 5 heteroatoms. The molecule has 0 radical (unpaired) electrons. The molecule has 0 bridgehead atoms. The summed E-state index contributed by atoms with van der Waals surface area (Å²) in [4.78, 5) is 11.9. The Balaban J connectivity index is 2.75. The number of aryl methyl sites for hydroxylation is 1. The van der Waals surface area contributed by atoms with Gasteiger partial charge in [-0.15, -0.1) is 0 Å². The Morgan fingerprint density at radius 1 is 1.37 bits per heavy atom. The SMILES string of the molecule is Cc1nn(C(C)C)c(C)c1NC(=O)COC(C)(C)C. The molecule has 5 nitrogen and oxygen atoms in total. The van der Waals surface area contributed by atoms with Crippen molar-refractivity contribution in [2.75, 3.05) is 11.9 Å². The number of carbonyl (C=O) groups is 1. The van der Waals surface area contributed by atoms with E-state index in [0.717, 1.165) is 17.1 Å². The summed E-state index contributed by atoms with van der Waals surface area (Å²) in [7, 11) is 0. The maximum absolute atomic E-state index is 11.9. The molecule has 0 aliphatic carbocycles. The van der Waals surface area contributed by atoms with Crippen LogP contribution in [-0.2, 0) is 9.53 Å². The molecule has 0 saturated carbocycles. The Kier molecular flexibility index (Phi) is 4.74. The molecule has 0 unspecified atom stereocenters. The van der Waals surface area contributed by atoms with Gasteiger partial charge in [0.25, 0.3) is 0 Å². The normalized spacial score (nSPS) is 12.0. The van der Waals surface area contributed by atoms with Crippen LogP contribution in [0.3, 0.4) is 0 Å². The molecule has 1 aromatic heterocycles. The molecule has 0 aliphatic rings. The molecule has 1 heterocycles. The molecule has 1 rings (SSSR count). The predicted octanol–water partition coefficient (Wildman–Crippen LogP) is 2.83. The summed E-state index contributed by atoms with van der Waals surface area (Å²) in [5.41, 5.74) is 2.27. The smallest absolute Gasteiger partial charge is 0.250 e. The molecule has 0 atom stereocenters. The third-order valence-electron chi connectivity index (χ3n) is 2.71. The van der Waals surface area contributed by atoms with E-state index in [1.54, 1.807) is 0 Å². The molecule has 0 aliphatic heterocycles. The van der Waals surface area contributed by atoms with E-state index in [2.05, 4.69) is 24.3 Å². The van der Waals surface area contributed by atoms with Crippen molar-refractivity contribution in [3.63, 3.8) is 0 Å². The van der Waals surface area contributed by atoms with E-state index in [9.17, 15) is 4.79 Å². The molecule has 1 amide bonds. The topological polar surface area (TPSA) is 56.2 Å². The van der Waals surface area contributed by atoms with Gasteiger partial charge in [0.15, 0.2) is 0 Å².